The van der Waals surface area contributed by atoms with E-state index in [1.807, 2.05) is 26.0 Å². The Kier molecular flexibility index (Phi) is 5.07. The van der Waals surface area contributed by atoms with E-state index in [1.54, 1.807) is 6.07 Å². The summed E-state index contributed by atoms with van der Waals surface area (Å²) in [7, 11) is 0. The van der Waals surface area contributed by atoms with Crippen LogP contribution < -0.4 is 5.32 Å². The van der Waals surface area contributed by atoms with Gasteiger partial charge in [-0.1, -0.05) is 49.2 Å². The molecule has 0 aliphatic rings. The molecule has 1 aromatic heterocycles. The minimum atomic E-state index is 0.236. The van der Waals surface area contributed by atoms with Crippen LogP contribution in [0.3, 0.4) is 0 Å². The molecule has 1 N–H and O–H groups in total. The highest BCUT2D eigenvalue weighted by Gasteiger charge is 2.17. The van der Waals surface area contributed by atoms with Crippen LogP contribution in [0.2, 0.25) is 10.0 Å². The number of hydrogen-bond donors (Lipinski definition) is 1. The maximum atomic E-state index is 6.35. The molecule has 0 radical (unpaired) electrons. The van der Waals surface area contributed by atoms with Crippen molar-refractivity contribution in [2.24, 2.45) is 0 Å². The van der Waals surface area contributed by atoms with Crippen LogP contribution in [0.15, 0.2) is 18.2 Å². The second-order valence-electron chi connectivity index (χ2n) is 5.19. The predicted octanol–water partition coefficient (Wildman–Crippen LogP) is 5.31. The minimum absolute atomic E-state index is 0.236. The van der Waals surface area contributed by atoms with Gasteiger partial charge >= 0.3 is 0 Å². The zero-order valence-corrected chi connectivity index (χ0v) is 14.2. The molecule has 0 saturated heterocycles. The summed E-state index contributed by atoms with van der Waals surface area (Å²) < 4.78 is 0. The van der Waals surface area contributed by atoms with E-state index in [-0.39, 0.29) is 5.92 Å². The number of hydrogen-bond acceptors (Lipinski definition) is 3. The minimum Gasteiger partial charge on any atom is -0.370 e. The van der Waals surface area contributed by atoms with Crippen molar-refractivity contribution in [2.45, 2.75) is 33.6 Å². The first kappa shape index (κ1) is 16.1. The van der Waals surface area contributed by atoms with E-state index >= 15 is 0 Å². The molecule has 2 aromatic rings. The van der Waals surface area contributed by atoms with Crippen molar-refractivity contribution in [1.82, 2.24) is 9.97 Å². The average molecular weight is 324 g/mol. The van der Waals surface area contributed by atoms with Gasteiger partial charge in [0.25, 0.3) is 0 Å². The van der Waals surface area contributed by atoms with Gasteiger partial charge in [-0.25, -0.2) is 9.97 Å². The van der Waals surface area contributed by atoms with Gasteiger partial charge in [0.05, 0.1) is 15.7 Å². The zero-order chi connectivity index (χ0) is 15.6. The van der Waals surface area contributed by atoms with E-state index in [4.69, 9.17) is 28.2 Å². The third kappa shape index (κ3) is 3.30. The van der Waals surface area contributed by atoms with Gasteiger partial charge in [0.1, 0.15) is 11.6 Å². The van der Waals surface area contributed by atoms with Crippen molar-refractivity contribution < 1.29 is 0 Å². The van der Waals surface area contributed by atoms with Crippen LogP contribution >= 0.6 is 23.2 Å². The second-order valence-corrected chi connectivity index (χ2v) is 5.98. The molecule has 5 heteroatoms. The highest BCUT2D eigenvalue weighted by molar-refractivity contribution is 6.43. The SMILES string of the molecule is CCNc1nc(C(C)C)nc(-c2cccc(Cl)c2Cl)c1C. The summed E-state index contributed by atoms with van der Waals surface area (Å²) in [6, 6.07) is 5.59. The van der Waals surface area contributed by atoms with Crippen molar-refractivity contribution in [3.63, 3.8) is 0 Å². The number of aromatic nitrogens is 2. The summed E-state index contributed by atoms with van der Waals surface area (Å²) in [4.78, 5) is 9.29. The highest BCUT2D eigenvalue weighted by Crippen LogP contribution is 2.36. The van der Waals surface area contributed by atoms with E-state index in [0.29, 0.717) is 10.0 Å². The van der Waals surface area contributed by atoms with Gasteiger partial charge in [0.15, 0.2) is 0 Å². The number of nitrogens with one attached hydrogen (secondary N) is 1. The molecule has 112 valence electrons. The highest BCUT2D eigenvalue weighted by atomic mass is 35.5. The Bertz CT molecular complexity index is 654. The second kappa shape index (κ2) is 6.63. The molecule has 0 aliphatic carbocycles. The first-order chi connectivity index (χ1) is 9.95. The number of anilines is 1. The van der Waals surface area contributed by atoms with Crippen molar-refractivity contribution >= 4 is 29.0 Å². The maximum Gasteiger partial charge on any atom is 0.133 e. The van der Waals surface area contributed by atoms with E-state index in [9.17, 15) is 0 Å². The lowest BCUT2D eigenvalue weighted by Crippen LogP contribution is -2.09. The topological polar surface area (TPSA) is 37.8 Å². The van der Waals surface area contributed by atoms with Gasteiger partial charge in [0, 0.05) is 23.6 Å². The van der Waals surface area contributed by atoms with Gasteiger partial charge in [0.2, 0.25) is 0 Å². The largest absolute Gasteiger partial charge is 0.370 e. The quantitative estimate of drug-likeness (QED) is 0.828. The Hall–Kier alpha value is -1.32. The van der Waals surface area contributed by atoms with Crippen molar-refractivity contribution in [3.8, 4) is 11.3 Å². The van der Waals surface area contributed by atoms with Crippen molar-refractivity contribution in [1.29, 1.82) is 0 Å². The molecular weight excluding hydrogens is 305 g/mol. The summed E-state index contributed by atoms with van der Waals surface area (Å²) in [6.45, 7) is 8.99. The molecule has 21 heavy (non-hydrogen) atoms. The normalized spacial score (nSPS) is 11.0. The molecule has 0 fully saturated rings. The van der Waals surface area contributed by atoms with Crippen LogP contribution in [0.1, 0.15) is 38.1 Å². The lowest BCUT2D eigenvalue weighted by molar-refractivity contribution is 0.774. The molecule has 3 nitrogen and oxygen atoms in total. The molecule has 2 rings (SSSR count). The molecule has 0 atom stereocenters. The molecule has 0 aliphatic heterocycles. The number of benzene rings is 1. The molecule has 0 amide bonds. The Morgan fingerprint density at radius 3 is 2.52 bits per heavy atom. The number of nitrogens with zero attached hydrogens (tertiary/aromatic N) is 2. The molecule has 0 saturated carbocycles. The van der Waals surface area contributed by atoms with E-state index in [2.05, 4.69) is 24.1 Å². The number of halogens is 2. The Morgan fingerprint density at radius 1 is 1.19 bits per heavy atom. The van der Waals surface area contributed by atoms with Crippen LogP contribution in [0, 0.1) is 6.92 Å². The van der Waals surface area contributed by atoms with E-state index < -0.39 is 0 Å². The Balaban J connectivity index is 2.69. The molecule has 1 heterocycles. The van der Waals surface area contributed by atoms with Gasteiger partial charge in [-0.3, -0.25) is 0 Å². The van der Waals surface area contributed by atoms with Gasteiger partial charge in [-0.15, -0.1) is 0 Å². The first-order valence-electron chi connectivity index (χ1n) is 7.02. The fourth-order valence-electron chi connectivity index (χ4n) is 2.08. The van der Waals surface area contributed by atoms with Crippen LogP contribution in [0.25, 0.3) is 11.3 Å². The van der Waals surface area contributed by atoms with E-state index in [1.165, 1.54) is 0 Å². The van der Waals surface area contributed by atoms with Gasteiger partial charge < -0.3 is 5.32 Å². The average Bonchev–Trinajstić information content (AvgIpc) is 2.44. The first-order valence-corrected chi connectivity index (χ1v) is 7.78. The number of rotatable bonds is 4. The standard InChI is InChI=1S/C16H19Cl2N3/c1-5-19-16-10(4)14(20-15(21-16)9(2)3)11-7-6-8-12(17)13(11)18/h6-9H,5H2,1-4H3,(H,19,20,21). The van der Waals surface area contributed by atoms with Crippen molar-refractivity contribution in [2.75, 3.05) is 11.9 Å². The molecule has 0 bridgehead atoms. The van der Waals surface area contributed by atoms with Crippen LogP contribution in [-0.2, 0) is 0 Å². The molecule has 0 unspecified atom stereocenters. The Morgan fingerprint density at radius 2 is 1.90 bits per heavy atom. The lowest BCUT2D eigenvalue weighted by atomic mass is 10.1. The predicted molar refractivity (Wildman–Crippen MR) is 90.5 cm³/mol. The van der Waals surface area contributed by atoms with E-state index in [0.717, 1.165) is 35.0 Å². The lowest BCUT2D eigenvalue weighted by Gasteiger charge is -2.16. The maximum absolute atomic E-state index is 6.35. The molecule has 1 aromatic carbocycles. The third-order valence-corrected chi connectivity index (χ3v) is 4.05. The van der Waals surface area contributed by atoms with Gasteiger partial charge in [-0.05, 0) is 19.9 Å². The summed E-state index contributed by atoms with van der Waals surface area (Å²) in [5.74, 6) is 1.88. The molecule has 0 spiro atoms. The fraction of sp³-hybridized carbons (Fsp3) is 0.375. The smallest absolute Gasteiger partial charge is 0.133 e. The summed E-state index contributed by atoms with van der Waals surface area (Å²) in [6.07, 6.45) is 0. The Labute approximate surface area is 135 Å². The summed E-state index contributed by atoms with van der Waals surface area (Å²) in [5.41, 5.74) is 2.65. The van der Waals surface area contributed by atoms with Crippen LogP contribution in [0.4, 0.5) is 5.82 Å². The summed E-state index contributed by atoms with van der Waals surface area (Å²) in [5, 5.41) is 4.34. The fourth-order valence-corrected chi connectivity index (χ4v) is 2.47. The van der Waals surface area contributed by atoms with Gasteiger partial charge in [-0.2, -0.15) is 0 Å². The molecular formula is C16H19Cl2N3. The summed E-state index contributed by atoms with van der Waals surface area (Å²) >= 11 is 12.5. The van der Waals surface area contributed by atoms with Crippen LogP contribution in [-0.4, -0.2) is 16.5 Å². The monoisotopic (exact) mass is 323 g/mol. The van der Waals surface area contributed by atoms with Crippen molar-refractivity contribution in [3.05, 3.63) is 39.6 Å². The van der Waals surface area contributed by atoms with Crippen LogP contribution in [0.5, 0.6) is 0 Å². The third-order valence-electron chi connectivity index (χ3n) is 3.23. The zero-order valence-electron chi connectivity index (χ0n) is 12.7.